The Hall–Kier alpha value is -1.26. The van der Waals surface area contributed by atoms with E-state index in [9.17, 15) is 0 Å². The minimum Gasteiger partial charge on any atom is -0.490 e. The number of para-hydroxylation sites is 1. The number of hydrogen-bond acceptors (Lipinski definition) is 4. The van der Waals surface area contributed by atoms with Gasteiger partial charge in [0, 0.05) is 18.7 Å². The third-order valence-corrected chi connectivity index (χ3v) is 2.63. The second-order valence-electron chi connectivity index (χ2n) is 4.01. The Morgan fingerprint density at radius 3 is 2.67 bits per heavy atom. The topological polar surface area (TPSA) is 64.7 Å². The highest BCUT2D eigenvalue weighted by Crippen LogP contribution is 2.31. The zero-order chi connectivity index (χ0) is 13.2. The first-order valence-electron chi connectivity index (χ1n) is 6.51. The molecule has 0 atom stereocenters. The summed E-state index contributed by atoms with van der Waals surface area (Å²) in [5.74, 6) is 1.51. The first-order valence-corrected chi connectivity index (χ1v) is 6.51. The van der Waals surface area contributed by atoms with E-state index in [4.69, 9.17) is 20.3 Å². The molecule has 1 aromatic carbocycles. The van der Waals surface area contributed by atoms with E-state index in [-0.39, 0.29) is 6.61 Å². The molecule has 0 spiro atoms. The van der Waals surface area contributed by atoms with Crippen LogP contribution in [0.5, 0.6) is 11.5 Å². The number of benzene rings is 1. The van der Waals surface area contributed by atoms with Crippen LogP contribution in [0.2, 0.25) is 0 Å². The third-order valence-electron chi connectivity index (χ3n) is 2.63. The summed E-state index contributed by atoms with van der Waals surface area (Å²) in [6, 6.07) is 5.77. The molecule has 0 fully saturated rings. The van der Waals surface area contributed by atoms with Crippen LogP contribution in [0.1, 0.15) is 31.7 Å². The smallest absolute Gasteiger partial charge is 0.165 e. The Balaban J connectivity index is 2.60. The molecule has 3 N–H and O–H groups in total. The van der Waals surface area contributed by atoms with Crippen LogP contribution in [-0.2, 0) is 6.54 Å². The fourth-order valence-electron chi connectivity index (χ4n) is 1.72. The first kappa shape index (κ1) is 14.8. The average molecular weight is 253 g/mol. The Morgan fingerprint density at radius 2 is 2.00 bits per heavy atom. The summed E-state index contributed by atoms with van der Waals surface area (Å²) in [6.45, 7) is 3.85. The minimum atomic E-state index is 0.240. The normalized spacial score (nSPS) is 10.4. The molecular formula is C14H23NO3. The van der Waals surface area contributed by atoms with Gasteiger partial charge in [-0.05, 0) is 32.3 Å². The molecule has 0 radical (unpaired) electrons. The van der Waals surface area contributed by atoms with Gasteiger partial charge in [-0.25, -0.2) is 0 Å². The maximum atomic E-state index is 8.70. The van der Waals surface area contributed by atoms with Crippen molar-refractivity contribution in [2.24, 2.45) is 5.73 Å². The summed E-state index contributed by atoms with van der Waals surface area (Å²) in [5, 5.41) is 8.70. The molecule has 0 amide bonds. The number of hydrogen-bond donors (Lipinski definition) is 2. The molecule has 1 aromatic rings. The van der Waals surface area contributed by atoms with E-state index in [2.05, 4.69) is 0 Å². The van der Waals surface area contributed by atoms with E-state index in [1.54, 1.807) is 0 Å². The van der Waals surface area contributed by atoms with Crippen molar-refractivity contribution in [1.29, 1.82) is 0 Å². The van der Waals surface area contributed by atoms with Gasteiger partial charge in [0.05, 0.1) is 13.2 Å². The van der Waals surface area contributed by atoms with Gasteiger partial charge in [-0.1, -0.05) is 12.1 Å². The third kappa shape index (κ3) is 4.55. The Kier molecular flexibility index (Phi) is 7.22. The van der Waals surface area contributed by atoms with Crippen LogP contribution in [0.4, 0.5) is 0 Å². The average Bonchev–Trinajstić information content (AvgIpc) is 2.40. The quantitative estimate of drug-likeness (QED) is 0.661. The van der Waals surface area contributed by atoms with Crippen LogP contribution in [0.3, 0.4) is 0 Å². The van der Waals surface area contributed by atoms with Crippen molar-refractivity contribution in [3.8, 4) is 11.5 Å². The van der Waals surface area contributed by atoms with Crippen LogP contribution in [0.25, 0.3) is 0 Å². The van der Waals surface area contributed by atoms with E-state index in [0.717, 1.165) is 36.3 Å². The summed E-state index contributed by atoms with van der Waals surface area (Å²) in [6.07, 6.45) is 2.70. The zero-order valence-corrected chi connectivity index (χ0v) is 11.0. The number of nitrogens with two attached hydrogens (primary N) is 1. The highest BCUT2D eigenvalue weighted by molar-refractivity contribution is 5.46. The number of rotatable bonds is 9. The lowest BCUT2D eigenvalue weighted by molar-refractivity contribution is 0.253. The predicted molar refractivity (Wildman–Crippen MR) is 71.9 cm³/mol. The van der Waals surface area contributed by atoms with E-state index in [1.807, 2.05) is 25.1 Å². The molecule has 0 unspecified atom stereocenters. The van der Waals surface area contributed by atoms with E-state index in [0.29, 0.717) is 19.8 Å². The molecule has 4 nitrogen and oxygen atoms in total. The molecule has 0 aliphatic carbocycles. The van der Waals surface area contributed by atoms with Gasteiger partial charge in [0.15, 0.2) is 11.5 Å². The molecule has 0 heterocycles. The fourth-order valence-corrected chi connectivity index (χ4v) is 1.72. The molecule has 102 valence electrons. The summed E-state index contributed by atoms with van der Waals surface area (Å²) in [7, 11) is 0. The molecular weight excluding hydrogens is 230 g/mol. The van der Waals surface area contributed by atoms with Gasteiger partial charge in [-0.15, -0.1) is 0 Å². The Labute approximate surface area is 109 Å². The summed E-state index contributed by atoms with van der Waals surface area (Å²) in [5.41, 5.74) is 6.66. The van der Waals surface area contributed by atoms with Gasteiger partial charge in [-0.2, -0.15) is 0 Å². The minimum absolute atomic E-state index is 0.240. The first-order chi connectivity index (χ1) is 8.83. The fraction of sp³-hybridized carbons (Fsp3) is 0.571. The number of aliphatic hydroxyl groups is 1. The zero-order valence-electron chi connectivity index (χ0n) is 11.0. The van der Waals surface area contributed by atoms with Gasteiger partial charge in [0.2, 0.25) is 0 Å². The summed E-state index contributed by atoms with van der Waals surface area (Å²) >= 11 is 0. The van der Waals surface area contributed by atoms with Crippen molar-refractivity contribution < 1.29 is 14.6 Å². The van der Waals surface area contributed by atoms with E-state index >= 15 is 0 Å². The molecule has 0 saturated heterocycles. The molecule has 0 aromatic heterocycles. The maximum Gasteiger partial charge on any atom is 0.165 e. The van der Waals surface area contributed by atoms with Crippen LogP contribution in [0, 0.1) is 0 Å². The molecule has 0 aliphatic heterocycles. The molecule has 18 heavy (non-hydrogen) atoms. The van der Waals surface area contributed by atoms with E-state index < -0.39 is 0 Å². The van der Waals surface area contributed by atoms with Crippen molar-refractivity contribution >= 4 is 0 Å². The highest BCUT2D eigenvalue weighted by Gasteiger charge is 2.09. The summed E-state index contributed by atoms with van der Waals surface area (Å²) in [4.78, 5) is 0. The Morgan fingerprint density at radius 1 is 1.17 bits per heavy atom. The number of ether oxygens (including phenoxy) is 2. The van der Waals surface area contributed by atoms with Crippen molar-refractivity contribution in [3.05, 3.63) is 23.8 Å². The van der Waals surface area contributed by atoms with Gasteiger partial charge in [0.1, 0.15) is 0 Å². The molecule has 0 saturated carbocycles. The van der Waals surface area contributed by atoms with Crippen LogP contribution >= 0.6 is 0 Å². The van der Waals surface area contributed by atoms with Crippen LogP contribution < -0.4 is 15.2 Å². The summed E-state index contributed by atoms with van der Waals surface area (Å²) < 4.78 is 11.3. The maximum absolute atomic E-state index is 8.70. The van der Waals surface area contributed by atoms with Crippen molar-refractivity contribution in [3.63, 3.8) is 0 Å². The second kappa shape index (κ2) is 8.78. The number of aliphatic hydroxyl groups excluding tert-OH is 1. The van der Waals surface area contributed by atoms with Crippen molar-refractivity contribution in [2.45, 2.75) is 32.7 Å². The number of unbranched alkanes of at least 4 members (excludes halogenated alkanes) is 2. The van der Waals surface area contributed by atoms with Gasteiger partial charge >= 0.3 is 0 Å². The lowest BCUT2D eigenvalue weighted by Crippen LogP contribution is -2.06. The van der Waals surface area contributed by atoms with Gasteiger partial charge < -0.3 is 20.3 Å². The SMILES string of the molecule is CCOc1cccc(CN)c1OCCCCCO. The standard InChI is InChI=1S/C14H23NO3/c1-2-17-13-8-6-7-12(11-15)14(13)18-10-5-3-4-9-16/h6-8,16H,2-5,9-11,15H2,1H3. The predicted octanol–water partition coefficient (Wildman–Crippen LogP) is 2.09. The van der Waals surface area contributed by atoms with Crippen molar-refractivity contribution in [2.75, 3.05) is 19.8 Å². The van der Waals surface area contributed by atoms with Crippen LogP contribution in [0.15, 0.2) is 18.2 Å². The lowest BCUT2D eigenvalue weighted by Gasteiger charge is -2.15. The van der Waals surface area contributed by atoms with E-state index in [1.165, 1.54) is 0 Å². The molecule has 0 aliphatic rings. The second-order valence-corrected chi connectivity index (χ2v) is 4.01. The molecule has 0 bridgehead atoms. The van der Waals surface area contributed by atoms with Gasteiger partial charge in [-0.3, -0.25) is 0 Å². The largest absolute Gasteiger partial charge is 0.490 e. The van der Waals surface area contributed by atoms with Gasteiger partial charge in [0.25, 0.3) is 0 Å². The monoisotopic (exact) mass is 253 g/mol. The van der Waals surface area contributed by atoms with Crippen molar-refractivity contribution in [1.82, 2.24) is 0 Å². The van der Waals surface area contributed by atoms with Crippen LogP contribution in [-0.4, -0.2) is 24.9 Å². The Bertz CT molecular complexity index is 342. The highest BCUT2D eigenvalue weighted by atomic mass is 16.5. The molecule has 4 heteroatoms. The molecule has 1 rings (SSSR count). The lowest BCUT2D eigenvalue weighted by atomic mass is 10.2.